The first kappa shape index (κ1) is 15.7. The van der Waals surface area contributed by atoms with Crippen molar-refractivity contribution < 1.29 is 9.53 Å². The third kappa shape index (κ3) is 3.45. The van der Waals surface area contributed by atoms with Gasteiger partial charge >= 0.3 is 6.03 Å². The van der Waals surface area contributed by atoms with Crippen molar-refractivity contribution in [1.29, 1.82) is 0 Å². The van der Waals surface area contributed by atoms with Crippen LogP contribution >= 0.6 is 11.8 Å². The summed E-state index contributed by atoms with van der Waals surface area (Å²) < 4.78 is 5.20. The molecule has 0 aromatic heterocycles. The molecule has 3 rings (SSSR count). The van der Waals surface area contributed by atoms with Crippen LogP contribution in [0.5, 0.6) is 5.75 Å². The first-order valence-electron chi connectivity index (χ1n) is 7.69. The molecule has 23 heavy (non-hydrogen) atoms. The van der Waals surface area contributed by atoms with E-state index < -0.39 is 0 Å². The average Bonchev–Trinajstić information content (AvgIpc) is 2.60. The lowest BCUT2D eigenvalue weighted by Gasteiger charge is -2.33. The van der Waals surface area contributed by atoms with Gasteiger partial charge in [-0.25, -0.2) is 4.79 Å². The third-order valence-corrected chi connectivity index (χ3v) is 5.27. The maximum Gasteiger partial charge on any atom is 0.326 e. The Labute approximate surface area is 140 Å². The highest BCUT2D eigenvalue weighted by atomic mass is 32.2. The maximum absolute atomic E-state index is 12.8. The Morgan fingerprint density at radius 3 is 2.91 bits per heavy atom. The molecule has 0 fully saturated rings. The van der Waals surface area contributed by atoms with Crippen molar-refractivity contribution in [3.8, 4) is 5.75 Å². The number of benzene rings is 2. The fourth-order valence-electron chi connectivity index (χ4n) is 2.60. The van der Waals surface area contributed by atoms with E-state index in [4.69, 9.17) is 4.74 Å². The minimum atomic E-state index is -0.107. The normalized spacial score (nSPS) is 16.6. The summed E-state index contributed by atoms with van der Waals surface area (Å²) in [6, 6.07) is 15.4. The molecule has 1 N–H and O–H groups in total. The number of anilines is 2. The van der Waals surface area contributed by atoms with Crippen molar-refractivity contribution in [2.24, 2.45) is 0 Å². The molecule has 0 bridgehead atoms. The molecule has 1 aliphatic heterocycles. The van der Waals surface area contributed by atoms with Crippen LogP contribution in [0, 0.1) is 0 Å². The number of para-hydroxylation sites is 1. The molecule has 1 aliphatic rings. The predicted octanol–water partition coefficient (Wildman–Crippen LogP) is 4.62. The zero-order valence-electron chi connectivity index (χ0n) is 13.3. The second-order valence-corrected chi connectivity index (χ2v) is 6.73. The summed E-state index contributed by atoms with van der Waals surface area (Å²) >= 11 is 1.85. The van der Waals surface area contributed by atoms with Crippen LogP contribution in [0.1, 0.15) is 13.3 Å². The van der Waals surface area contributed by atoms with Crippen LogP contribution in [0.15, 0.2) is 53.4 Å². The third-order valence-electron chi connectivity index (χ3n) is 3.86. The van der Waals surface area contributed by atoms with E-state index in [9.17, 15) is 4.79 Å². The molecular weight excluding hydrogens is 308 g/mol. The fourth-order valence-corrected chi connectivity index (χ4v) is 3.80. The van der Waals surface area contributed by atoms with Crippen molar-refractivity contribution in [1.82, 2.24) is 0 Å². The summed E-state index contributed by atoms with van der Waals surface area (Å²) in [6.45, 7) is 2.87. The molecule has 2 aromatic rings. The number of methoxy groups -OCH3 is 1. The highest BCUT2D eigenvalue weighted by molar-refractivity contribution is 8.00. The van der Waals surface area contributed by atoms with Crippen molar-refractivity contribution in [2.45, 2.75) is 23.5 Å². The Balaban J connectivity index is 1.83. The zero-order chi connectivity index (χ0) is 16.2. The zero-order valence-corrected chi connectivity index (χ0v) is 14.1. The number of nitrogens with zero attached hydrogens (tertiary/aromatic N) is 1. The van der Waals surface area contributed by atoms with Crippen LogP contribution in [-0.4, -0.2) is 24.9 Å². The minimum absolute atomic E-state index is 0.107. The van der Waals surface area contributed by atoms with E-state index in [1.54, 1.807) is 7.11 Å². The number of hydrogen-bond acceptors (Lipinski definition) is 3. The Morgan fingerprint density at radius 2 is 2.13 bits per heavy atom. The van der Waals surface area contributed by atoms with Crippen LogP contribution in [0.2, 0.25) is 0 Å². The molecule has 2 aromatic carbocycles. The van der Waals surface area contributed by atoms with Crippen LogP contribution in [0.4, 0.5) is 16.2 Å². The highest BCUT2D eigenvalue weighted by Gasteiger charge is 2.28. The predicted molar refractivity (Wildman–Crippen MR) is 95.7 cm³/mol. The van der Waals surface area contributed by atoms with Gasteiger partial charge in [0, 0.05) is 28.4 Å². The van der Waals surface area contributed by atoms with Gasteiger partial charge in [-0.15, -0.1) is 11.8 Å². The number of carbonyl (C=O) groups is 1. The Hall–Kier alpha value is -2.14. The van der Waals surface area contributed by atoms with Gasteiger partial charge in [-0.05, 0) is 30.7 Å². The highest BCUT2D eigenvalue weighted by Crippen LogP contribution is 2.39. The number of urea groups is 1. The summed E-state index contributed by atoms with van der Waals surface area (Å²) in [5.74, 6) is 0.726. The summed E-state index contributed by atoms with van der Waals surface area (Å²) in [6.07, 6.45) is 1.03. The number of fused-ring (bicyclic) bond motifs is 1. The van der Waals surface area contributed by atoms with Gasteiger partial charge in [-0.1, -0.05) is 25.1 Å². The summed E-state index contributed by atoms with van der Waals surface area (Å²) in [4.78, 5) is 15.7. The number of rotatable bonds is 3. The smallest absolute Gasteiger partial charge is 0.326 e. The molecule has 0 unspecified atom stereocenters. The first-order valence-corrected chi connectivity index (χ1v) is 8.57. The van der Waals surface area contributed by atoms with Gasteiger partial charge in [0.15, 0.2) is 0 Å². The second-order valence-electron chi connectivity index (χ2n) is 5.39. The molecule has 1 atom stereocenters. The molecule has 0 saturated carbocycles. The van der Waals surface area contributed by atoms with Crippen molar-refractivity contribution in [3.05, 3.63) is 48.5 Å². The minimum Gasteiger partial charge on any atom is -0.497 e. The topological polar surface area (TPSA) is 41.6 Å². The van der Waals surface area contributed by atoms with Crippen LogP contribution in [0.25, 0.3) is 0 Å². The molecule has 2 amide bonds. The summed E-state index contributed by atoms with van der Waals surface area (Å²) in [5.41, 5.74) is 1.71. The lowest BCUT2D eigenvalue weighted by Crippen LogP contribution is -2.41. The van der Waals surface area contributed by atoms with Gasteiger partial charge in [0.05, 0.1) is 12.8 Å². The summed E-state index contributed by atoms with van der Waals surface area (Å²) in [5, 5.41) is 3.39. The van der Waals surface area contributed by atoms with Gasteiger partial charge in [0.1, 0.15) is 5.75 Å². The molecule has 1 heterocycles. The van der Waals surface area contributed by atoms with Gasteiger partial charge in [0.2, 0.25) is 0 Å². The molecular formula is C18H20N2O2S. The molecule has 120 valence electrons. The fraction of sp³-hybridized carbons (Fsp3) is 0.278. The Morgan fingerprint density at radius 1 is 1.30 bits per heavy atom. The molecule has 0 radical (unpaired) electrons. The second kappa shape index (κ2) is 6.96. The van der Waals surface area contributed by atoms with Crippen LogP contribution in [0.3, 0.4) is 0 Å². The SMILES string of the molecule is CC[C@@H]1CN(C(=O)Nc2cccc(OC)c2)c2ccccc2S1. The molecule has 0 spiro atoms. The molecule has 5 heteroatoms. The number of thioether (sulfide) groups is 1. The number of hydrogen-bond donors (Lipinski definition) is 1. The lowest BCUT2D eigenvalue weighted by atomic mass is 10.2. The van der Waals surface area contributed by atoms with Gasteiger partial charge in [-0.2, -0.15) is 0 Å². The van der Waals surface area contributed by atoms with E-state index in [1.165, 1.54) is 0 Å². The lowest BCUT2D eigenvalue weighted by molar-refractivity contribution is 0.256. The van der Waals surface area contributed by atoms with E-state index in [2.05, 4.69) is 18.3 Å². The van der Waals surface area contributed by atoms with E-state index in [0.717, 1.165) is 28.4 Å². The monoisotopic (exact) mass is 328 g/mol. The van der Waals surface area contributed by atoms with Crippen molar-refractivity contribution in [3.63, 3.8) is 0 Å². The molecule has 0 saturated heterocycles. The quantitative estimate of drug-likeness (QED) is 0.894. The average molecular weight is 328 g/mol. The number of nitrogens with one attached hydrogen (secondary N) is 1. The van der Waals surface area contributed by atoms with Crippen molar-refractivity contribution in [2.75, 3.05) is 23.9 Å². The maximum atomic E-state index is 12.8. The van der Waals surface area contributed by atoms with E-state index >= 15 is 0 Å². The van der Waals surface area contributed by atoms with Gasteiger partial charge in [0.25, 0.3) is 0 Å². The molecule has 0 aliphatic carbocycles. The van der Waals surface area contributed by atoms with E-state index in [1.807, 2.05) is 59.1 Å². The Kier molecular flexibility index (Phi) is 4.76. The largest absolute Gasteiger partial charge is 0.497 e. The van der Waals surface area contributed by atoms with Crippen molar-refractivity contribution >= 4 is 29.2 Å². The number of amides is 2. The van der Waals surface area contributed by atoms with Gasteiger partial charge in [-0.3, -0.25) is 4.90 Å². The van der Waals surface area contributed by atoms with Gasteiger partial charge < -0.3 is 10.1 Å². The summed E-state index contributed by atoms with van der Waals surface area (Å²) in [7, 11) is 1.62. The molecule has 4 nitrogen and oxygen atoms in total. The van der Waals surface area contributed by atoms with Crippen LogP contribution in [-0.2, 0) is 0 Å². The number of carbonyl (C=O) groups excluding carboxylic acids is 1. The first-order chi connectivity index (χ1) is 11.2. The standard InChI is InChI=1S/C18H20N2O2S/c1-3-15-12-20(16-9-4-5-10-17(16)23-15)18(21)19-13-7-6-8-14(11-13)22-2/h4-11,15H,3,12H2,1-2H3,(H,19,21)/t15-/m1/s1. The number of ether oxygens (including phenoxy) is 1. The van der Waals surface area contributed by atoms with E-state index in [-0.39, 0.29) is 6.03 Å². The Bertz CT molecular complexity index is 705. The van der Waals surface area contributed by atoms with Crippen LogP contribution < -0.4 is 15.0 Å². The van der Waals surface area contributed by atoms with E-state index in [0.29, 0.717) is 11.8 Å².